The Hall–Kier alpha value is -2.90. The molecule has 2 aliphatic rings. The number of ether oxygens (including phenoxy) is 1. The molecule has 1 amide bonds. The highest BCUT2D eigenvalue weighted by Crippen LogP contribution is 2.35. The first-order chi connectivity index (χ1) is 15.5. The largest absolute Gasteiger partial charge is 0.419 e. The third kappa shape index (κ3) is 3.65. The molecule has 0 bridgehead atoms. The number of fused-ring (bicyclic) bond motifs is 2. The van der Waals surface area contributed by atoms with Crippen molar-refractivity contribution in [3.8, 4) is 0 Å². The molecular formula is C25H29N3O4. The van der Waals surface area contributed by atoms with Crippen molar-refractivity contribution in [1.82, 2.24) is 14.4 Å². The number of aryl methyl sites for hydroxylation is 1. The Kier molecular flexibility index (Phi) is 5.39. The first-order valence-electron chi connectivity index (χ1n) is 11.1. The van der Waals surface area contributed by atoms with Gasteiger partial charge in [-0.25, -0.2) is 4.79 Å². The molecule has 1 unspecified atom stereocenters. The molecule has 2 aromatic carbocycles. The van der Waals surface area contributed by atoms with Gasteiger partial charge in [0.2, 0.25) is 5.91 Å². The highest BCUT2D eigenvalue weighted by atomic mass is 16.5. The van der Waals surface area contributed by atoms with Gasteiger partial charge in [-0.05, 0) is 48.2 Å². The molecule has 168 valence electrons. The van der Waals surface area contributed by atoms with Crippen LogP contribution >= 0.6 is 0 Å². The summed E-state index contributed by atoms with van der Waals surface area (Å²) in [6.07, 6.45) is 1.68. The average Bonchev–Trinajstić information content (AvgIpc) is 3.34. The van der Waals surface area contributed by atoms with Crippen molar-refractivity contribution in [2.24, 2.45) is 12.5 Å². The molecule has 1 fully saturated rings. The van der Waals surface area contributed by atoms with Crippen LogP contribution in [0.2, 0.25) is 0 Å². The maximum Gasteiger partial charge on any atom is 0.419 e. The molecule has 7 nitrogen and oxygen atoms in total. The van der Waals surface area contributed by atoms with Gasteiger partial charge in [0, 0.05) is 40.3 Å². The Balaban J connectivity index is 1.33. The van der Waals surface area contributed by atoms with Gasteiger partial charge in [0.1, 0.15) is 0 Å². The smallest absolute Gasteiger partial charge is 0.408 e. The number of rotatable bonds is 5. The number of benzene rings is 2. The topological polar surface area (TPSA) is 67.9 Å². The Morgan fingerprint density at radius 3 is 2.78 bits per heavy atom. The van der Waals surface area contributed by atoms with Crippen molar-refractivity contribution in [3.05, 3.63) is 69.7 Å². The molecule has 0 spiro atoms. The second kappa shape index (κ2) is 8.22. The maximum absolute atomic E-state index is 13.7. The molecule has 1 saturated heterocycles. The predicted octanol–water partition coefficient (Wildman–Crippen LogP) is 2.55. The minimum absolute atomic E-state index is 0.198. The zero-order valence-corrected chi connectivity index (χ0v) is 18.7. The summed E-state index contributed by atoms with van der Waals surface area (Å²) in [7, 11) is 3.39. The molecule has 3 aromatic rings. The summed E-state index contributed by atoms with van der Waals surface area (Å²) >= 11 is 0. The van der Waals surface area contributed by atoms with Crippen LogP contribution in [-0.2, 0) is 36.1 Å². The lowest BCUT2D eigenvalue weighted by Crippen LogP contribution is -2.49. The summed E-state index contributed by atoms with van der Waals surface area (Å²) in [6, 6.07) is 14.2. The van der Waals surface area contributed by atoms with Gasteiger partial charge < -0.3 is 14.1 Å². The van der Waals surface area contributed by atoms with Crippen LogP contribution < -0.4 is 5.76 Å². The molecule has 2 aliphatic heterocycles. The van der Waals surface area contributed by atoms with E-state index in [-0.39, 0.29) is 11.7 Å². The third-order valence-electron chi connectivity index (χ3n) is 6.99. The lowest BCUT2D eigenvalue weighted by atomic mass is 9.85. The van der Waals surface area contributed by atoms with Crippen LogP contribution in [0, 0.1) is 5.41 Å². The number of amides is 1. The molecule has 7 heteroatoms. The number of carbonyl (C=O) groups is 1. The van der Waals surface area contributed by atoms with Crippen molar-refractivity contribution in [2.45, 2.75) is 25.9 Å². The van der Waals surface area contributed by atoms with Gasteiger partial charge in [0.15, 0.2) is 5.58 Å². The third-order valence-corrected chi connectivity index (χ3v) is 6.99. The first-order valence-corrected chi connectivity index (χ1v) is 11.1. The zero-order chi connectivity index (χ0) is 22.3. The van der Waals surface area contributed by atoms with Crippen LogP contribution in [0.15, 0.2) is 51.7 Å². The fourth-order valence-corrected chi connectivity index (χ4v) is 5.26. The normalized spacial score (nSPS) is 21.2. The lowest BCUT2D eigenvalue weighted by molar-refractivity contribution is -0.145. The zero-order valence-electron chi connectivity index (χ0n) is 18.7. The summed E-state index contributed by atoms with van der Waals surface area (Å²) in [5.74, 6) is -0.157. The molecule has 5 rings (SSSR count). The van der Waals surface area contributed by atoms with Crippen molar-refractivity contribution in [1.29, 1.82) is 0 Å². The minimum Gasteiger partial charge on any atom is -0.408 e. The molecule has 0 N–H and O–H groups in total. The number of hydrogen-bond donors (Lipinski definition) is 0. The first kappa shape index (κ1) is 21.0. The van der Waals surface area contributed by atoms with E-state index in [0.717, 1.165) is 43.6 Å². The molecule has 1 atom stereocenters. The highest BCUT2D eigenvalue weighted by molar-refractivity contribution is 5.84. The van der Waals surface area contributed by atoms with E-state index in [2.05, 4.69) is 23.1 Å². The SMILES string of the molecule is COCC1(C(=O)N2CCc3ccccc3C2)CCN(Cc2ccc3oc(=O)n(C)c3c2)C1. The summed E-state index contributed by atoms with van der Waals surface area (Å²) in [6.45, 7) is 4.08. The van der Waals surface area contributed by atoms with E-state index in [9.17, 15) is 9.59 Å². The van der Waals surface area contributed by atoms with Crippen LogP contribution in [-0.4, -0.2) is 53.6 Å². The average molecular weight is 436 g/mol. The van der Waals surface area contributed by atoms with Crippen LogP contribution in [0.25, 0.3) is 11.1 Å². The van der Waals surface area contributed by atoms with Gasteiger partial charge in [-0.15, -0.1) is 0 Å². The van der Waals surface area contributed by atoms with Crippen molar-refractivity contribution >= 4 is 17.0 Å². The molecule has 3 heterocycles. The molecule has 0 radical (unpaired) electrons. The molecular weight excluding hydrogens is 406 g/mol. The van der Waals surface area contributed by atoms with Crippen LogP contribution in [0.3, 0.4) is 0 Å². The van der Waals surface area contributed by atoms with Crippen molar-refractivity contribution in [2.75, 3.05) is 33.4 Å². The Labute approximate surface area is 187 Å². The van der Waals surface area contributed by atoms with Crippen molar-refractivity contribution in [3.63, 3.8) is 0 Å². The summed E-state index contributed by atoms with van der Waals surface area (Å²) in [5.41, 5.74) is 4.55. The number of oxazole rings is 1. The minimum atomic E-state index is -0.520. The fourth-order valence-electron chi connectivity index (χ4n) is 5.26. The molecule has 32 heavy (non-hydrogen) atoms. The van der Waals surface area contributed by atoms with Crippen LogP contribution in [0.5, 0.6) is 0 Å². The number of carbonyl (C=O) groups excluding carboxylic acids is 1. The number of nitrogens with zero attached hydrogens (tertiary/aromatic N) is 3. The van der Waals surface area contributed by atoms with Crippen molar-refractivity contribution < 1.29 is 13.9 Å². The second-order valence-electron chi connectivity index (χ2n) is 9.15. The highest BCUT2D eigenvalue weighted by Gasteiger charge is 2.47. The van der Waals surface area contributed by atoms with E-state index >= 15 is 0 Å². The van der Waals surface area contributed by atoms with Gasteiger partial charge in [0.05, 0.1) is 17.5 Å². The second-order valence-corrected chi connectivity index (χ2v) is 9.15. The van der Waals surface area contributed by atoms with E-state index in [1.165, 1.54) is 15.7 Å². The monoisotopic (exact) mass is 435 g/mol. The Bertz CT molecular complexity index is 1210. The predicted molar refractivity (Wildman–Crippen MR) is 121 cm³/mol. The summed E-state index contributed by atoms with van der Waals surface area (Å²) in [4.78, 5) is 29.8. The molecule has 0 saturated carbocycles. The number of hydrogen-bond acceptors (Lipinski definition) is 5. The Morgan fingerprint density at radius 1 is 1.16 bits per heavy atom. The molecule has 1 aromatic heterocycles. The Morgan fingerprint density at radius 2 is 1.97 bits per heavy atom. The standard InChI is InChI=1S/C25H29N3O4/c1-26-21-13-18(7-8-22(21)32-24(26)30)14-27-12-10-25(16-27,17-31-2)23(29)28-11-9-19-5-3-4-6-20(19)15-28/h3-8,13H,9-12,14-17H2,1-2H3. The van der Waals surface area contributed by atoms with Gasteiger partial charge in [-0.3, -0.25) is 14.3 Å². The lowest BCUT2D eigenvalue weighted by Gasteiger charge is -2.36. The number of aromatic nitrogens is 1. The summed E-state index contributed by atoms with van der Waals surface area (Å²) in [5, 5.41) is 0. The fraction of sp³-hybridized carbons (Fsp3) is 0.440. The summed E-state index contributed by atoms with van der Waals surface area (Å²) < 4.78 is 12.3. The van der Waals surface area contributed by atoms with Crippen LogP contribution in [0.4, 0.5) is 0 Å². The van der Waals surface area contributed by atoms with E-state index in [1.807, 2.05) is 29.2 Å². The van der Waals surface area contributed by atoms with E-state index < -0.39 is 5.41 Å². The van der Waals surface area contributed by atoms with E-state index in [0.29, 0.717) is 25.3 Å². The quantitative estimate of drug-likeness (QED) is 0.616. The maximum atomic E-state index is 13.7. The van der Waals surface area contributed by atoms with Gasteiger partial charge in [0.25, 0.3) is 0 Å². The number of methoxy groups -OCH3 is 1. The van der Waals surface area contributed by atoms with Gasteiger partial charge >= 0.3 is 5.76 Å². The van der Waals surface area contributed by atoms with Gasteiger partial charge in [-0.1, -0.05) is 30.3 Å². The van der Waals surface area contributed by atoms with E-state index in [4.69, 9.17) is 9.15 Å². The van der Waals surface area contributed by atoms with Gasteiger partial charge in [-0.2, -0.15) is 0 Å². The molecule has 0 aliphatic carbocycles. The number of likely N-dealkylation sites (tertiary alicyclic amines) is 1. The van der Waals surface area contributed by atoms with E-state index in [1.54, 1.807) is 14.2 Å². The van der Waals surface area contributed by atoms with Crippen LogP contribution in [0.1, 0.15) is 23.1 Å².